The van der Waals surface area contributed by atoms with Gasteiger partial charge in [-0.1, -0.05) is 23.3 Å². The van der Waals surface area contributed by atoms with E-state index in [2.05, 4.69) is 20.8 Å². The molecule has 3 rings (SSSR count). The van der Waals surface area contributed by atoms with Gasteiger partial charge in [-0.25, -0.2) is 0 Å². The summed E-state index contributed by atoms with van der Waals surface area (Å²) in [6.45, 7) is 1.63. The van der Waals surface area contributed by atoms with Crippen molar-refractivity contribution in [2.45, 2.75) is 19.3 Å². The van der Waals surface area contributed by atoms with E-state index >= 15 is 0 Å². The number of aromatic nitrogens is 4. The second-order valence-corrected chi connectivity index (χ2v) is 5.14. The van der Waals surface area contributed by atoms with Crippen LogP contribution in [-0.4, -0.2) is 33.3 Å². The summed E-state index contributed by atoms with van der Waals surface area (Å²) in [6, 6.07) is 9.87. The van der Waals surface area contributed by atoms with Crippen LogP contribution in [-0.2, 0) is 0 Å². The molecule has 2 aromatic rings. The van der Waals surface area contributed by atoms with Gasteiger partial charge in [0.2, 0.25) is 5.95 Å². The molecule has 0 atom stereocenters. The number of nitrogens with zero attached hydrogens (tertiary/aromatic N) is 4. The van der Waals surface area contributed by atoms with E-state index in [4.69, 9.17) is 5.73 Å². The molecule has 1 heterocycles. The Bertz CT molecular complexity index is 531. The Morgan fingerprint density at radius 3 is 2.74 bits per heavy atom. The van der Waals surface area contributed by atoms with Crippen molar-refractivity contribution < 1.29 is 0 Å². The first-order chi connectivity index (χ1) is 9.33. The van der Waals surface area contributed by atoms with Gasteiger partial charge in [-0.15, -0.1) is 0 Å². The van der Waals surface area contributed by atoms with Crippen molar-refractivity contribution in [3.63, 3.8) is 0 Å². The van der Waals surface area contributed by atoms with Gasteiger partial charge in [0.1, 0.15) is 0 Å². The van der Waals surface area contributed by atoms with Gasteiger partial charge in [0.25, 0.3) is 0 Å². The Balaban J connectivity index is 1.71. The number of nitrogens with one attached hydrogen (secondary N) is 1. The summed E-state index contributed by atoms with van der Waals surface area (Å²) in [5, 5.41) is 15.2. The summed E-state index contributed by atoms with van der Waals surface area (Å²) in [5.41, 5.74) is 6.97. The van der Waals surface area contributed by atoms with Gasteiger partial charge in [0.05, 0.1) is 5.69 Å². The van der Waals surface area contributed by atoms with Crippen LogP contribution in [0.25, 0.3) is 5.69 Å². The van der Waals surface area contributed by atoms with Crippen molar-refractivity contribution in [1.82, 2.24) is 20.2 Å². The lowest BCUT2D eigenvalue weighted by Crippen LogP contribution is -2.20. The first-order valence-electron chi connectivity index (χ1n) is 6.61. The topological polar surface area (TPSA) is 81.7 Å². The van der Waals surface area contributed by atoms with Crippen LogP contribution in [0.2, 0.25) is 0 Å². The van der Waals surface area contributed by atoms with Crippen molar-refractivity contribution in [1.29, 1.82) is 0 Å². The van der Waals surface area contributed by atoms with Crippen molar-refractivity contribution >= 4 is 5.95 Å². The largest absolute Gasteiger partial charge is 0.352 e. The maximum atomic E-state index is 5.65. The van der Waals surface area contributed by atoms with Gasteiger partial charge in [-0.05, 0) is 53.8 Å². The number of anilines is 1. The SMILES string of the molecule is NCCC1(CNc2nnnn2-c2ccccc2)CC1. The smallest absolute Gasteiger partial charge is 0.247 e. The molecule has 0 amide bonds. The zero-order valence-corrected chi connectivity index (χ0v) is 10.8. The Hall–Kier alpha value is -1.95. The van der Waals surface area contributed by atoms with Gasteiger partial charge in [-0.3, -0.25) is 0 Å². The molecule has 1 fully saturated rings. The highest BCUT2D eigenvalue weighted by Crippen LogP contribution is 2.48. The second-order valence-electron chi connectivity index (χ2n) is 5.14. The Kier molecular flexibility index (Phi) is 3.16. The van der Waals surface area contributed by atoms with E-state index < -0.39 is 0 Å². The van der Waals surface area contributed by atoms with Gasteiger partial charge in [0, 0.05) is 6.54 Å². The summed E-state index contributed by atoms with van der Waals surface area (Å²) in [5.74, 6) is 0.689. The van der Waals surface area contributed by atoms with E-state index in [1.807, 2.05) is 30.3 Å². The normalized spacial score (nSPS) is 16.3. The van der Waals surface area contributed by atoms with Crippen LogP contribution in [0.4, 0.5) is 5.95 Å². The fraction of sp³-hybridized carbons (Fsp3) is 0.462. The summed E-state index contributed by atoms with van der Waals surface area (Å²) < 4.78 is 1.72. The Labute approximate surface area is 112 Å². The standard InChI is InChI=1S/C13H18N6/c14-9-8-13(6-7-13)10-15-12-16-17-18-19(12)11-4-2-1-3-5-11/h1-5H,6-10,14H2,(H,15,16,18). The molecule has 19 heavy (non-hydrogen) atoms. The molecule has 1 aromatic heterocycles. The van der Waals surface area contributed by atoms with Crippen LogP contribution in [0.5, 0.6) is 0 Å². The van der Waals surface area contributed by atoms with Crippen molar-refractivity contribution in [2.75, 3.05) is 18.4 Å². The summed E-state index contributed by atoms with van der Waals surface area (Å²) in [6.07, 6.45) is 3.54. The van der Waals surface area contributed by atoms with Crippen molar-refractivity contribution in [2.24, 2.45) is 11.1 Å². The van der Waals surface area contributed by atoms with E-state index in [0.29, 0.717) is 11.4 Å². The molecule has 0 saturated heterocycles. The molecular formula is C13H18N6. The van der Waals surface area contributed by atoms with Gasteiger partial charge in [0.15, 0.2) is 0 Å². The number of hydrogen-bond donors (Lipinski definition) is 2. The molecule has 1 saturated carbocycles. The van der Waals surface area contributed by atoms with E-state index in [1.165, 1.54) is 12.8 Å². The monoisotopic (exact) mass is 258 g/mol. The molecule has 3 N–H and O–H groups in total. The van der Waals surface area contributed by atoms with E-state index in [1.54, 1.807) is 4.68 Å². The molecular weight excluding hydrogens is 240 g/mol. The zero-order chi connectivity index (χ0) is 13.1. The fourth-order valence-corrected chi connectivity index (χ4v) is 2.31. The third kappa shape index (κ3) is 2.58. The van der Waals surface area contributed by atoms with E-state index in [0.717, 1.165) is 25.2 Å². The average Bonchev–Trinajstić information content (AvgIpc) is 3.05. The van der Waals surface area contributed by atoms with Crippen LogP contribution in [0.15, 0.2) is 30.3 Å². The predicted octanol–water partition coefficient (Wildman–Crippen LogP) is 1.20. The van der Waals surface area contributed by atoms with E-state index in [9.17, 15) is 0 Å². The Morgan fingerprint density at radius 1 is 1.26 bits per heavy atom. The first kappa shape index (κ1) is 12.1. The average molecular weight is 258 g/mol. The highest BCUT2D eigenvalue weighted by atomic mass is 15.6. The molecule has 1 aromatic carbocycles. The predicted molar refractivity (Wildman–Crippen MR) is 73.0 cm³/mol. The fourth-order valence-electron chi connectivity index (χ4n) is 2.31. The molecule has 0 bridgehead atoms. The molecule has 6 heteroatoms. The minimum atomic E-state index is 0.363. The number of hydrogen-bond acceptors (Lipinski definition) is 5. The van der Waals surface area contributed by atoms with Crippen molar-refractivity contribution in [3.8, 4) is 5.69 Å². The lowest BCUT2D eigenvalue weighted by Gasteiger charge is -2.15. The highest BCUT2D eigenvalue weighted by molar-refractivity contribution is 5.38. The van der Waals surface area contributed by atoms with Crippen LogP contribution in [0.1, 0.15) is 19.3 Å². The minimum absolute atomic E-state index is 0.363. The van der Waals surface area contributed by atoms with Gasteiger partial charge >= 0.3 is 0 Å². The molecule has 0 spiro atoms. The van der Waals surface area contributed by atoms with Crippen molar-refractivity contribution in [3.05, 3.63) is 30.3 Å². The third-order valence-corrected chi connectivity index (χ3v) is 3.72. The number of nitrogens with two attached hydrogens (primary N) is 1. The number of rotatable bonds is 6. The van der Waals surface area contributed by atoms with Crippen LogP contribution >= 0.6 is 0 Å². The number of para-hydroxylation sites is 1. The summed E-state index contributed by atoms with van der Waals surface area (Å²) in [7, 11) is 0. The molecule has 100 valence electrons. The molecule has 0 radical (unpaired) electrons. The zero-order valence-electron chi connectivity index (χ0n) is 10.8. The van der Waals surface area contributed by atoms with E-state index in [-0.39, 0.29) is 0 Å². The lowest BCUT2D eigenvalue weighted by molar-refractivity contribution is 0.499. The maximum absolute atomic E-state index is 5.65. The number of benzene rings is 1. The number of tetrazole rings is 1. The molecule has 6 nitrogen and oxygen atoms in total. The first-order valence-corrected chi connectivity index (χ1v) is 6.61. The summed E-state index contributed by atoms with van der Waals surface area (Å²) in [4.78, 5) is 0. The maximum Gasteiger partial charge on any atom is 0.247 e. The minimum Gasteiger partial charge on any atom is -0.352 e. The van der Waals surface area contributed by atoms with Gasteiger partial charge < -0.3 is 11.1 Å². The van der Waals surface area contributed by atoms with Crippen LogP contribution in [0.3, 0.4) is 0 Å². The quantitative estimate of drug-likeness (QED) is 0.813. The summed E-state index contributed by atoms with van der Waals surface area (Å²) >= 11 is 0. The Morgan fingerprint density at radius 2 is 2.05 bits per heavy atom. The molecule has 0 unspecified atom stereocenters. The molecule has 1 aliphatic carbocycles. The lowest BCUT2D eigenvalue weighted by atomic mass is 10.0. The van der Waals surface area contributed by atoms with Crippen LogP contribution < -0.4 is 11.1 Å². The van der Waals surface area contributed by atoms with Gasteiger partial charge in [-0.2, -0.15) is 4.68 Å². The highest BCUT2D eigenvalue weighted by Gasteiger charge is 2.41. The second kappa shape index (κ2) is 4.97. The molecule has 0 aliphatic heterocycles. The van der Waals surface area contributed by atoms with Crippen LogP contribution in [0, 0.1) is 5.41 Å². The third-order valence-electron chi connectivity index (χ3n) is 3.72. The molecule has 1 aliphatic rings.